The van der Waals surface area contributed by atoms with E-state index in [1.807, 2.05) is 0 Å². The molecule has 0 aliphatic carbocycles. The van der Waals surface area contributed by atoms with E-state index in [9.17, 15) is 14.3 Å². The van der Waals surface area contributed by atoms with Crippen LogP contribution < -0.4 is 5.32 Å². The number of amides is 1. The molecule has 16 heavy (non-hydrogen) atoms. The largest absolute Gasteiger partial charge is 0.507 e. The number of para-hydroxylation sites is 1. The van der Waals surface area contributed by atoms with Crippen molar-refractivity contribution in [2.45, 2.75) is 0 Å². The van der Waals surface area contributed by atoms with Gasteiger partial charge in [-0.1, -0.05) is 17.3 Å². The average Bonchev–Trinajstić information content (AvgIpc) is 2.31. The van der Waals surface area contributed by atoms with Crippen LogP contribution in [0, 0.1) is 0 Å². The third kappa shape index (κ3) is 2.69. The quantitative estimate of drug-likeness (QED) is 0.589. The minimum Gasteiger partial charge on any atom is -0.507 e. The van der Waals surface area contributed by atoms with Crippen molar-refractivity contribution in [1.82, 2.24) is 5.32 Å². The fraction of sp³-hybridized carbons (Fsp3) is 0.200. The highest BCUT2D eigenvalue weighted by Gasteiger charge is 2.16. The summed E-state index contributed by atoms with van der Waals surface area (Å²) in [4.78, 5) is 15.6. The number of nitrogens with one attached hydrogen (secondary N) is 1. The molecule has 0 saturated carbocycles. The molecule has 0 spiro atoms. The van der Waals surface area contributed by atoms with Crippen molar-refractivity contribution in [3.8, 4) is 5.75 Å². The molecule has 0 aliphatic rings. The van der Waals surface area contributed by atoms with Crippen LogP contribution in [0.3, 0.4) is 0 Å². The van der Waals surface area contributed by atoms with Crippen LogP contribution >= 0.6 is 0 Å². The summed E-state index contributed by atoms with van der Waals surface area (Å²) in [5.41, 5.74) is -0.00597. The second-order valence-corrected chi connectivity index (χ2v) is 2.77. The smallest absolute Gasteiger partial charge is 0.273 e. The monoisotopic (exact) mass is 226 g/mol. The minimum atomic E-state index is -1.14. The van der Waals surface area contributed by atoms with Gasteiger partial charge in [-0.3, -0.25) is 4.79 Å². The van der Waals surface area contributed by atoms with E-state index in [2.05, 4.69) is 15.3 Å². The van der Waals surface area contributed by atoms with Gasteiger partial charge >= 0.3 is 0 Å². The van der Waals surface area contributed by atoms with E-state index in [0.29, 0.717) is 0 Å². The molecule has 5 nitrogen and oxygen atoms in total. The van der Waals surface area contributed by atoms with Gasteiger partial charge in [0.15, 0.2) is 5.71 Å². The highest BCUT2D eigenvalue weighted by Crippen LogP contribution is 2.16. The SMILES string of the molecule is CNC(=O)C(=NOCF)c1ccccc1O. The lowest BCUT2D eigenvalue weighted by atomic mass is 10.1. The Hall–Kier alpha value is -2.11. The first kappa shape index (κ1) is 12.0. The predicted octanol–water partition coefficient (Wildman–Crippen LogP) is 0.786. The van der Waals surface area contributed by atoms with Gasteiger partial charge < -0.3 is 15.3 Å². The van der Waals surface area contributed by atoms with E-state index in [1.165, 1.54) is 19.2 Å². The molecule has 0 fully saturated rings. The molecule has 0 aliphatic heterocycles. The molecule has 0 heterocycles. The van der Waals surface area contributed by atoms with E-state index in [1.54, 1.807) is 12.1 Å². The molecule has 6 heteroatoms. The molecule has 0 radical (unpaired) electrons. The summed E-state index contributed by atoms with van der Waals surface area (Å²) < 4.78 is 11.8. The maximum atomic E-state index is 11.8. The van der Waals surface area contributed by atoms with E-state index < -0.39 is 12.8 Å². The molecule has 0 atom stereocenters. The van der Waals surface area contributed by atoms with Crippen LogP contribution in [0.15, 0.2) is 29.4 Å². The number of halogens is 1. The zero-order valence-corrected chi connectivity index (χ0v) is 8.61. The number of nitrogens with zero attached hydrogens (tertiary/aromatic N) is 1. The second-order valence-electron chi connectivity index (χ2n) is 2.77. The maximum Gasteiger partial charge on any atom is 0.273 e. The molecule has 0 aromatic heterocycles. The fourth-order valence-corrected chi connectivity index (χ4v) is 1.09. The predicted molar refractivity (Wildman–Crippen MR) is 55.8 cm³/mol. The Kier molecular flexibility index (Phi) is 4.26. The maximum absolute atomic E-state index is 11.8. The molecule has 0 unspecified atom stereocenters. The standard InChI is InChI=1S/C10H11FN2O3/c1-12-10(15)9(13-16-6-11)7-4-2-3-5-8(7)14/h2-5,14H,6H2,1H3,(H,12,15). The van der Waals surface area contributed by atoms with Gasteiger partial charge in [-0.05, 0) is 12.1 Å². The molecule has 1 aromatic carbocycles. The summed E-state index contributed by atoms with van der Waals surface area (Å²) in [6, 6.07) is 6.08. The van der Waals surface area contributed by atoms with Crippen molar-refractivity contribution < 1.29 is 19.1 Å². The first-order valence-electron chi connectivity index (χ1n) is 4.47. The highest BCUT2D eigenvalue weighted by molar-refractivity contribution is 6.45. The Morgan fingerprint density at radius 1 is 1.56 bits per heavy atom. The zero-order chi connectivity index (χ0) is 12.0. The number of likely N-dealkylation sites (N-methyl/N-ethyl adjacent to an activating group) is 1. The lowest BCUT2D eigenvalue weighted by molar-refractivity contribution is -0.114. The molecule has 1 aromatic rings. The Morgan fingerprint density at radius 3 is 2.81 bits per heavy atom. The Morgan fingerprint density at radius 2 is 2.25 bits per heavy atom. The number of phenolic OH excluding ortho intramolecular Hbond substituents is 1. The van der Waals surface area contributed by atoms with Crippen LogP contribution in [0.2, 0.25) is 0 Å². The van der Waals surface area contributed by atoms with Gasteiger partial charge in [0, 0.05) is 7.05 Å². The van der Waals surface area contributed by atoms with Gasteiger partial charge in [-0.15, -0.1) is 0 Å². The number of hydrogen-bond donors (Lipinski definition) is 2. The number of benzene rings is 1. The molecule has 1 amide bonds. The van der Waals surface area contributed by atoms with Gasteiger partial charge in [0.05, 0.1) is 5.56 Å². The van der Waals surface area contributed by atoms with Gasteiger partial charge in [0.1, 0.15) is 5.75 Å². The van der Waals surface area contributed by atoms with Crippen LogP contribution in [0.5, 0.6) is 5.75 Å². The van der Waals surface area contributed by atoms with Gasteiger partial charge in [-0.2, -0.15) is 0 Å². The van der Waals surface area contributed by atoms with Crippen LogP contribution in [0.1, 0.15) is 5.56 Å². The normalized spacial score (nSPS) is 11.0. The van der Waals surface area contributed by atoms with Crippen molar-refractivity contribution in [2.75, 3.05) is 13.9 Å². The average molecular weight is 226 g/mol. The first-order valence-corrected chi connectivity index (χ1v) is 4.47. The number of hydrogen-bond acceptors (Lipinski definition) is 4. The Labute approximate surface area is 91.5 Å². The van der Waals surface area contributed by atoms with Crippen LogP contribution in [0.25, 0.3) is 0 Å². The molecule has 86 valence electrons. The number of oxime groups is 1. The molecular formula is C10H11FN2O3. The minimum absolute atomic E-state index is 0.132. The van der Waals surface area contributed by atoms with E-state index in [-0.39, 0.29) is 17.0 Å². The number of phenols is 1. The van der Waals surface area contributed by atoms with Gasteiger partial charge in [-0.25, -0.2) is 4.39 Å². The summed E-state index contributed by atoms with van der Waals surface area (Å²) >= 11 is 0. The summed E-state index contributed by atoms with van der Waals surface area (Å²) in [5.74, 6) is -0.706. The van der Waals surface area contributed by atoms with Crippen LogP contribution in [-0.4, -0.2) is 30.6 Å². The zero-order valence-electron chi connectivity index (χ0n) is 8.61. The van der Waals surface area contributed by atoms with E-state index >= 15 is 0 Å². The van der Waals surface area contributed by atoms with Crippen molar-refractivity contribution in [1.29, 1.82) is 0 Å². The van der Waals surface area contributed by atoms with Crippen molar-refractivity contribution >= 4 is 11.6 Å². The third-order valence-electron chi connectivity index (χ3n) is 1.81. The Bertz CT molecular complexity index is 407. The lowest BCUT2D eigenvalue weighted by Gasteiger charge is -2.06. The van der Waals surface area contributed by atoms with Crippen LogP contribution in [-0.2, 0) is 9.63 Å². The summed E-state index contributed by atoms with van der Waals surface area (Å²) in [7, 11) is 1.40. The number of carbonyl (C=O) groups is 1. The van der Waals surface area contributed by atoms with Gasteiger partial charge in [0.25, 0.3) is 12.8 Å². The molecule has 2 N–H and O–H groups in total. The summed E-state index contributed by atoms with van der Waals surface area (Å²) in [6.07, 6.45) is 0. The molecule has 0 saturated heterocycles. The summed E-state index contributed by atoms with van der Waals surface area (Å²) in [6.45, 7) is -1.14. The molecule has 0 bridgehead atoms. The van der Waals surface area contributed by atoms with Gasteiger partial charge in [0.2, 0.25) is 0 Å². The van der Waals surface area contributed by atoms with E-state index in [4.69, 9.17) is 0 Å². The molecular weight excluding hydrogens is 215 g/mol. The second kappa shape index (κ2) is 5.69. The Balaban J connectivity index is 3.11. The fourth-order valence-electron chi connectivity index (χ4n) is 1.09. The number of alkyl halides is 1. The van der Waals surface area contributed by atoms with Crippen LogP contribution in [0.4, 0.5) is 4.39 Å². The number of rotatable bonds is 4. The van der Waals surface area contributed by atoms with E-state index in [0.717, 1.165) is 0 Å². The number of carbonyl (C=O) groups excluding carboxylic acids is 1. The van der Waals surface area contributed by atoms with Crippen molar-refractivity contribution in [3.63, 3.8) is 0 Å². The topological polar surface area (TPSA) is 70.9 Å². The number of aromatic hydroxyl groups is 1. The van der Waals surface area contributed by atoms with Crippen molar-refractivity contribution in [2.24, 2.45) is 5.16 Å². The third-order valence-corrected chi connectivity index (χ3v) is 1.81. The highest BCUT2D eigenvalue weighted by atomic mass is 19.1. The lowest BCUT2D eigenvalue weighted by Crippen LogP contribution is -2.28. The summed E-state index contributed by atoms with van der Waals surface area (Å²) in [5, 5.41) is 15.1. The molecule has 1 rings (SSSR count). The van der Waals surface area contributed by atoms with Crippen molar-refractivity contribution in [3.05, 3.63) is 29.8 Å². The first-order chi connectivity index (χ1) is 7.70.